The molecule has 1 aromatic heterocycles. The quantitative estimate of drug-likeness (QED) is 0.903. The van der Waals surface area contributed by atoms with Gasteiger partial charge in [0.15, 0.2) is 0 Å². The molecule has 2 aromatic rings. The maximum Gasteiger partial charge on any atom is 0.0353 e. The van der Waals surface area contributed by atoms with Gasteiger partial charge in [-0.15, -0.1) is 0 Å². The molecule has 2 fully saturated rings. The lowest BCUT2D eigenvalue weighted by molar-refractivity contribution is 0.361. The lowest BCUT2D eigenvalue weighted by Crippen LogP contribution is -2.24. The number of hydrogen-bond donors (Lipinski definition) is 1. The van der Waals surface area contributed by atoms with Crippen LogP contribution in [0, 0.1) is 17.8 Å². The Morgan fingerprint density at radius 3 is 2.79 bits per heavy atom. The van der Waals surface area contributed by atoms with E-state index in [0.717, 1.165) is 17.8 Å². The van der Waals surface area contributed by atoms with Gasteiger partial charge in [0.25, 0.3) is 0 Å². The number of hydrogen-bond acceptors (Lipinski definition) is 2. The van der Waals surface area contributed by atoms with Crippen molar-refractivity contribution >= 4 is 10.8 Å². The summed E-state index contributed by atoms with van der Waals surface area (Å²) in [5.41, 5.74) is 1.43. The summed E-state index contributed by atoms with van der Waals surface area (Å²) in [4.78, 5) is 4.31. The van der Waals surface area contributed by atoms with Crippen molar-refractivity contribution in [3.63, 3.8) is 0 Å². The average Bonchev–Trinajstić information content (AvgIpc) is 3.07. The van der Waals surface area contributed by atoms with Crippen molar-refractivity contribution in [2.24, 2.45) is 17.8 Å². The third-order valence-electron chi connectivity index (χ3n) is 5.11. The minimum absolute atomic E-state index is 0.487. The molecular formula is C17H20N2. The summed E-state index contributed by atoms with van der Waals surface area (Å²) in [6, 6.07) is 9.23. The average molecular weight is 252 g/mol. The van der Waals surface area contributed by atoms with Crippen LogP contribution < -0.4 is 5.32 Å². The highest BCUT2D eigenvalue weighted by molar-refractivity contribution is 5.85. The second-order valence-electron chi connectivity index (χ2n) is 6.20. The van der Waals surface area contributed by atoms with Crippen molar-refractivity contribution in [3.05, 3.63) is 42.2 Å². The first kappa shape index (κ1) is 11.4. The molecule has 19 heavy (non-hydrogen) atoms. The molecule has 2 aliphatic rings. The SMILES string of the molecule is CNC(c1cccc2ccncc12)C1CC2CC2C1. The lowest BCUT2D eigenvalue weighted by Gasteiger charge is -2.26. The molecule has 3 unspecified atom stereocenters. The van der Waals surface area contributed by atoms with Crippen molar-refractivity contribution in [1.82, 2.24) is 10.3 Å². The molecule has 0 saturated heterocycles. The normalized spacial score (nSPS) is 30.3. The highest BCUT2D eigenvalue weighted by Crippen LogP contribution is 2.57. The van der Waals surface area contributed by atoms with E-state index in [4.69, 9.17) is 0 Å². The summed E-state index contributed by atoms with van der Waals surface area (Å²) < 4.78 is 0. The molecule has 0 amide bonds. The highest BCUT2D eigenvalue weighted by atomic mass is 14.9. The van der Waals surface area contributed by atoms with Crippen LogP contribution >= 0.6 is 0 Å². The Hall–Kier alpha value is -1.41. The Balaban J connectivity index is 1.74. The van der Waals surface area contributed by atoms with Gasteiger partial charge in [0.05, 0.1) is 0 Å². The maximum absolute atomic E-state index is 4.31. The lowest BCUT2D eigenvalue weighted by atomic mass is 9.87. The van der Waals surface area contributed by atoms with Gasteiger partial charge in [-0.1, -0.05) is 18.2 Å². The van der Waals surface area contributed by atoms with Gasteiger partial charge in [0, 0.05) is 23.8 Å². The van der Waals surface area contributed by atoms with Crippen LogP contribution in [0.4, 0.5) is 0 Å². The van der Waals surface area contributed by atoms with E-state index in [1.807, 2.05) is 12.4 Å². The molecule has 4 rings (SSSR count). The van der Waals surface area contributed by atoms with E-state index in [-0.39, 0.29) is 0 Å². The van der Waals surface area contributed by atoms with Crippen LogP contribution in [0.1, 0.15) is 30.9 Å². The van der Waals surface area contributed by atoms with Crippen LogP contribution in [0.2, 0.25) is 0 Å². The van der Waals surface area contributed by atoms with E-state index in [9.17, 15) is 0 Å². The minimum atomic E-state index is 0.487. The fourth-order valence-corrected chi connectivity index (χ4v) is 4.09. The fraction of sp³-hybridized carbons (Fsp3) is 0.471. The molecule has 1 aromatic carbocycles. The van der Waals surface area contributed by atoms with E-state index in [1.54, 1.807) is 0 Å². The Labute approximate surface area is 114 Å². The Bertz CT molecular complexity index is 592. The number of benzene rings is 1. The van der Waals surface area contributed by atoms with E-state index >= 15 is 0 Å². The topological polar surface area (TPSA) is 24.9 Å². The van der Waals surface area contributed by atoms with Crippen LogP contribution in [-0.2, 0) is 0 Å². The van der Waals surface area contributed by atoms with Crippen molar-refractivity contribution in [1.29, 1.82) is 0 Å². The highest BCUT2D eigenvalue weighted by Gasteiger charge is 2.47. The van der Waals surface area contributed by atoms with Crippen LogP contribution in [-0.4, -0.2) is 12.0 Å². The van der Waals surface area contributed by atoms with E-state index in [2.05, 4.69) is 41.6 Å². The maximum atomic E-state index is 4.31. The van der Waals surface area contributed by atoms with Crippen molar-refractivity contribution in [2.75, 3.05) is 7.05 Å². The molecule has 0 bridgehead atoms. The zero-order valence-electron chi connectivity index (χ0n) is 11.3. The molecule has 0 radical (unpaired) electrons. The van der Waals surface area contributed by atoms with Gasteiger partial charge in [0.2, 0.25) is 0 Å². The molecular weight excluding hydrogens is 232 g/mol. The molecule has 1 heterocycles. The number of rotatable bonds is 3. The van der Waals surface area contributed by atoms with E-state index in [0.29, 0.717) is 6.04 Å². The minimum Gasteiger partial charge on any atom is -0.313 e. The molecule has 2 heteroatoms. The Kier molecular flexibility index (Phi) is 2.59. The molecule has 2 aliphatic carbocycles. The molecule has 1 N–H and O–H groups in total. The molecule has 2 saturated carbocycles. The second-order valence-corrected chi connectivity index (χ2v) is 6.20. The van der Waals surface area contributed by atoms with Crippen LogP contribution in [0.15, 0.2) is 36.7 Å². The first-order valence-electron chi connectivity index (χ1n) is 7.36. The molecule has 3 atom stereocenters. The van der Waals surface area contributed by atoms with E-state index < -0.39 is 0 Å². The van der Waals surface area contributed by atoms with Gasteiger partial charge < -0.3 is 5.32 Å². The second kappa shape index (κ2) is 4.31. The summed E-state index contributed by atoms with van der Waals surface area (Å²) in [6.07, 6.45) is 8.21. The van der Waals surface area contributed by atoms with Gasteiger partial charge in [-0.2, -0.15) is 0 Å². The van der Waals surface area contributed by atoms with Gasteiger partial charge in [0.1, 0.15) is 0 Å². The third kappa shape index (κ3) is 1.86. The van der Waals surface area contributed by atoms with E-state index in [1.165, 1.54) is 35.6 Å². The first-order valence-corrected chi connectivity index (χ1v) is 7.36. The smallest absolute Gasteiger partial charge is 0.0353 e. The number of aromatic nitrogens is 1. The largest absolute Gasteiger partial charge is 0.313 e. The number of nitrogens with zero attached hydrogens (tertiary/aromatic N) is 1. The monoisotopic (exact) mass is 252 g/mol. The zero-order valence-corrected chi connectivity index (χ0v) is 11.3. The van der Waals surface area contributed by atoms with Crippen molar-refractivity contribution in [2.45, 2.75) is 25.3 Å². The van der Waals surface area contributed by atoms with Crippen LogP contribution in [0.3, 0.4) is 0 Å². The number of fused-ring (bicyclic) bond motifs is 2. The Morgan fingerprint density at radius 1 is 1.16 bits per heavy atom. The Morgan fingerprint density at radius 2 is 2.00 bits per heavy atom. The fourth-order valence-electron chi connectivity index (χ4n) is 4.09. The first-order chi connectivity index (χ1) is 9.36. The zero-order chi connectivity index (χ0) is 12.8. The van der Waals surface area contributed by atoms with Gasteiger partial charge in [-0.05, 0) is 61.1 Å². The summed E-state index contributed by atoms with van der Waals surface area (Å²) in [5, 5.41) is 6.18. The van der Waals surface area contributed by atoms with Crippen LogP contribution in [0.25, 0.3) is 10.8 Å². The van der Waals surface area contributed by atoms with Gasteiger partial charge in [-0.3, -0.25) is 4.98 Å². The summed E-state index contributed by atoms with van der Waals surface area (Å²) in [6.45, 7) is 0. The predicted octanol–water partition coefficient (Wildman–Crippen LogP) is 3.54. The summed E-state index contributed by atoms with van der Waals surface area (Å²) in [5.74, 6) is 2.88. The summed E-state index contributed by atoms with van der Waals surface area (Å²) >= 11 is 0. The molecule has 2 nitrogen and oxygen atoms in total. The van der Waals surface area contributed by atoms with Crippen molar-refractivity contribution < 1.29 is 0 Å². The third-order valence-corrected chi connectivity index (χ3v) is 5.11. The van der Waals surface area contributed by atoms with Gasteiger partial charge >= 0.3 is 0 Å². The van der Waals surface area contributed by atoms with Crippen LogP contribution in [0.5, 0.6) is 0 Å². The van der Waals surface area contributed by atoms with Gasteiger partial charge in [-0.25, -0.2) is 0 Å². The standard InChI is InChI=1S/C17H20N2/c1-18-17(14-8-12-7-13(12)9-14)15-4-2-3-11-5-6-19-10-16(11)15/h2-6,10,12-14,17-18H,7-9H2,1H3. The molecule has 98 valence electrons. The molecule has 0 aliphatic heterocycles. The number of pyridine rings is 1. The van der Waals surface area contributed by atoms with Crippen molar-refractivity contribution in [3.8, 4) is 0 Å². The summed E-state index contributed by atoms with van der Waals surface area (Å²) in [7, 11) is 2.10. The number of nitrogens with one attached hydrogen (secondary N) is 1. The predicted molar refractivity (Wildman–Crippen MR) is 77.9 cm³/mol. The molecule has 0 spiro atoms.